The quantitative estimate of drug-likeness (QED) is 0.865. The fourth-order valence-corrected chi connectivity index (χ4v) is 3.38. The van der Waals surface area contributed by atoms with Gasteiger partial charge in [0.1, 0.15) is 6.04 Å². The Bertz CT molecular complexity index is 577. The lowest BCUT2D eigenvalue weighted by Gasteiger charge is -2.18. The number of thioether (sulfide) groups is 1. The highest BCUT2D eigenvalue weighted by atomic mass is 35.5. The Hall–Kier alpha value is -1.17. The minimum absolute atomic E-state index is 0.339. The van der Waals surface area contributed by atoms with Crippen molar-refractivity contribution in [3.8, 4) is 0 Å². The first-order valence-corrected chi connectivity index (χ1v) is 7.64. The molecule has 1 amide bonds. The van der Waals surface area contributed by atoms with E-state index in [1.165, 1.54) is 22.7 Å². The van der Waals surface area contributed by atoms with Crippen molar-refractivity contribution >= 4 is 52.9 Å². The highest BCUT2D eigenvalue weighted by molar-refractivity contribution is 7.99. The minimum Gasteiger partial charge on any atom is -0.480 e. The van der Waals surface area contributed by atoms with Crippen molar-refractivity contribution in [1.82, 2.24) is 4.90 Å². The Kier molecular flexibility index (Phi) is 4.96. The zero-order chi connectivity index (χ0) is 14.7. The molecule has 1 aliphatic rings. The van der Waals surface area contributed by atoms with Crippen LogP contribution in [0.25, 0.3) is 6.08 Å². The van der Waals surface area contributed by atoms with Crippen molar-refractivity contribution < 1.29 is 14.7 Å². The molecule has 106 valence electrons. The molecule has 0 spiro atoms. The molecule has 0 bridgehead atoms. The van der Waals surface area contributed by atoms with Crippen LogP contribution in [0.1, 0.15) is 5.56 Å². The second kappa shape index (κ2) is 6.52. The summed E-state index contributed by atoms with van der Waals surface area (Å²) in [5.74, 6) is -0.528. The Morgan fingerprint density at radius 1 is 1.40 bits per heavy atom. The van der Waals surface area contributed by atoms with Crippen LogP contribution in [0.3, 0.4) is 0 Å². The van der Waals surface area contributed by atoms with Gasteiger partial charge in [-0.2, -0.15) is 0 Å². The maximum absolute atomic E-state index is 12.0. The first kappa shape index (κ1) is 15.2. The van der Waals surface area contributed by atoms with Crippen LogP contribution < -0.4 is 0 Å². The van der Waals surface area contributed by atoms with E-state index in [2.05, 4.69) is 0 Å². The summed E-state index contributed by atoms with van der Waals surface area (Å²) in [6.07, 6.45) is 2.89. The van der Waals surface area contributed by atoms with Gasteiger partial charge in [-0.05, 0) is 23.8 Å². The van der Waals surface area contributed by atoms with Gasteiger partial charge in [-0.25, -0.2) is 4.79 Å². The van der Waals surface area contributed by atoms with Gasteiger partial charge >= 0.3 is 5.97 Å². The molecule has 1 saturated heterocycles. The van der Waals surface area contributed by atoms with E-state index >= 15 is 0 Å². The Labute approximate surface area is 130 Å². The Morgan fingerprint density at radius 2 is 2.15 bits per heavy atom. The summed E-state index contributed by atoms with van der Waals surface area (Å²) < 4.78 is 0. The summed E-state index contributed by atoms with van der Waals surface area (Å²) in [4.78, 5) is 24.3. The molecule has 1 aromatic rings. The summed E-state index contributed by atoms with van der Waals surface area (Å²) in [7, 11) is 0. The van der Waals surface area contributed by atoms with Crippen molar-refractivity contribution in [2.24, 2.45) is 0 Å². The van der Waals surface area contributed by atoms with Gasteiger partial charge in [0.15, 0.2) is 0 Å². The molecular weight excluding hydrogens is 321 g/mol. The highest BCUT2D eigenvalue weighted by Crippen LogP contribution is 2.24. The molecule has 0 saturated carbocycles. The number of carbonyl (C=O) groups excluding carboxylic acids is 1. The van der Waals surface area contributed by atoms with E-state index in [0.29, 0.717) is 27.2 Å². The first-order chi connectivity index (χ1) is 9.49. The van der Waals surface area contributed by atoms with E-state index in [1.807, 2.05) is 0 Å². The maximum Gasteiger partial charge on any atom is 0.327 e. The number of benzene rings is 1. The number of carbonyl (C=O) groups is 2. The van der Waals surface area contributed by atoms with Gasteiger partial charge in [0.05, 0.1) is 5.88 Å². The molecule has 20 heavy (non-hydrogen) atoms. The monoisotopic (exact) mass is 331 g/mol. The van der Waals surface area contributed by atoms with Gasteiger partial charge < -0.3 is 10.0 Å². The van der Waals surface area contributed by atoms with E-state index in [4.69, 9.17) is 28.3 Å². The molecule has 0 unspecified atom stereocenters. The van der Waals surface area contributed by atoms with E-state index in [-0.39, 0.29) is 5.91 Å². The van der Waals surface area contributed by atoms with E-state index in [1.54, 1.807) is 24.3 Å². The number of hydrogen-bond acceptors (Lipinski definition) is 3. The van der Waals surface area contributed by atoms with Crippen LogP contribution in [0.15, 0.2) is 24.3 Å². The summed E-state index contributed by atoms with van der Waals surface area (Å²) in [6.45, 7) is 0. The molecule has 4 nitrogen and oxygen atoms in total. The number of aliphatic carboxylic acids is 1. The van der Waals surface area contributed by atoms with Crippen LogP contribution in [-0.2, 0) is 9.59 Å². The normalized spacial score (nSPS) is 18.7. The smallest absolute Gasteiger partial charge is 0.327 e. The molecule has 1 N–H and O–H groups in total. The number of hydrogen-bond donors (Lipinski definition) is 1. The van der Waals surface area contributed by atoms with Gasteiger partial charge in [0, 0.05) is 21.9 Å². The number of carboxylic acids is 1. The molecular formula is C13H11Cl2NO3S. The zero-order valence-electron chi connectivity index (χ0n) is 10.3. The predicted octanol–water partition coefficient (Wildman–Crippen LogP) is 2.99. The maximum atomic E-state index is 12.0. The second-order valence-electron chi connectivity index (χ2n) is 4.16. The van der Waals surface area contributed by atoms with Crippen LogP contribution in [0.5, 0.6) is 0 Å². The van der Waals surface area contributed by atoms with Gasteiger partial charge in [-0.3, -0.25) is 4.79 Å². The van der Waals surface area contributed by atoms with Crippen molar-refractivity contribution in [2.45, 2.75) is 6.04 Å². The third-order valence-corrected chi connectivity index (χ3v) is 4.39. The first-order valence-electron chi connectivity index (χ1n) is 5.73. The highest BCUT2D eigenvalue weighted by Gasteiger charge is 2.33. The van der Waals surface area contributed by atoms with Crippen LogP contribution >= 0.6 is 35.0 Å². The number of rotatable bonds is 3. The largest absolute Gasteiger partial charge is 0.480 e. The van der Waals surface area contributed by atoms with Crippen molar-refractivity contribution in [1.29, 1.82) is 0 Å². The third kappa shape index (κ3) is 3.48. The number of carboxylic acid groups (broad SMARTS) is 1. The number of amides is 1. The summed E-state index contributed by atoms with van der Waals surface area (Å²) in [5, 5.41) is 9.98. The Balaban J connectivity index is 2.11. The average Bonchev–Trinajstić information content (AvgIpc) is 2.86. The number of halogens is 2. The number of nitrogens with zero attached hydrogens (tertiary/aromatic N) is 1. The lowest BCUT2D eigenvalue weighted by molar-refractivity contribution is -0.146. The van der Waals surface area contributed by atoms with Crippen molar-refractivity contribution in [3.63, 3.8) is 0 Å². The fourth-order valence-electron chi connectivity index (χ4n) is 1.76. The van der Waals surface area contributed by atoms with Crippen LogP contribution in [0.4, 0.5) is 0 Å². The third-order valence-electron chi connectivity index (χ3n) is 2.82. The summed E-state index contributed by atoms with van der Waals surface area (Å²) in [6, 6.07) is 4.18. The van der Waals surface area contributed by atoms with Gasteiger partial charge in [0.2, 0.25) is 5.91 Å². The minimum atomic E-state index is -0.985. The average molecular weight is 332 g/mol. The topological polar surface area (TPSA) is 57.6 Å². The van der Waals surface area contributed by atoms with Crippen molar-refractivity contribution in [2.75, 3.05) is 11.6 Å². The molecule has 0 aromatic heterocycles. The molecule has 1 heterocycles. The van der Waals surface area contributed by atoms with E-state index in [9.17, 15) is 9.59 Å². The molecule has 1 atom stereocenters. The molecule has 1 aliphatic heterocycles. The SMILES string of the molecule is O=C(O)[C@@H]1CSCN1C(=O)/C=C/c1ccc(Cl)cc1Cl. The molecule has 2 rings (SSSR count). The lowest BCUT2D eigenvalue weighted by atomic mass is 10.2. The van der Waals surface area contributed by atoms with Crippen molar-refractivity contribution in [3.05, 3.63) is 39.9 Å². The van der Waals surface area contributed by atoms with E-state index in [0.717, 1.165) is 0 Å². The zero-order valence-corrected chi connectivity index (χ0v) is 12.6. The molecule has 0 radical (unpaired) electrons. The van der Waals surface area contributed by atoms with Crippen LogP contribution in [0, 0.1) is 0 Å². The van der Waals surface area contributed by atoms with Crippen LogP contribution in [-0.4, -0.2) is 39.6 Å². The van der Waals surface area contributed by atoms with Crippen LogP contribution in [0.2, 0.25) is 10.0 Å². The lowest BCUT2D eigenvalue weighted by Crippen LogP contribution is -2.40. The van der Waals surface area contributed by atoms with Gasteiger partial charge in [-0.1, -0.05) is 29.3 Å². The summed E-state index contributed by atoms with van der Waals surface area (Å²) in [5.41, 5.74) is 0.656. The Morgan fingerprint density at radius 3 is 2.80 bits per heavy atom. The predicted molar refractivity (Wildman–Crippen MR) is 81.1 cm³/mol. The fraction of sp³-hybridized carbons (Fsp3) is 0.231. The molecule has 0 aliphatic carbocycles. The second-order valence-corrected chi connectivity index (χ2v) is 6.00. The van der Waals surface area contributed by atoms with E-state index < -0.39 is 12.0 Å². The van der Waals surface area contributed by atoms with Gasteiger partial charge in [0.25, 0.3) is 0 Å². The molecule has 7 heteroatoms. The molecule has 1 aromatic carbocycles. The summed E-state index contributed by atoms with van der Waals surface area (Å²) >= 11 is 13.2. The standard InChI is InChI=1S/C13H11Cl2NO3S/c14-9-3-1-8(10(15)5-9)2-4-12(17)16-7-20-6-11(16)13(18)19/h1-5,11H,6-7H2,(H,18,19)/b4-2+/t11-/m0/s1. The molecule has 1 fully saturated rings. The van der Waals surface area contributed by atoms with Gasteiger partial charge in [-0.15, -0.1) is 11.8 Å².